The largest absolute Gasteiger partial charge is 0.507 e. The topological polar surface area (TPSA) is 203 Å². The Labute approximate surface area is 258 Å². The van der Waals surface area contributed by atoms with Gasteiger partial charge in [0.05, 0.1) is 24.3 Å². The van der Waals surface area contributed by atoms with E-state index in [1.807, 2.05) is 0 Å². The van der Waals surface area contributed by atoms with E-state index in [2.05, 4.69) is 5.32 Å². The zero-order valence-corrected chi connectivity index (χ0v) is 25.4. The third kappa shape index (κ3) is 5.83. The molecule has 0 unspecified atom stereocenters. The van der Waals surface area contributed by atoms with Crippen molar-refractivity contribution in [3.8, 4) is 11.5 Å². The number of hydrogen-bond donors (Lipinski definition) is 6. The van der Waals surface area contributed by atoms with Gasteiger partial charge in [0, 0.05) is 42.3 Å². The van der Waals surface area contributed by atoms with Crippen molar-refractivity contribution < 1.29 is 44.3 Å². The fourth-order valence-corrected chi connectivity index (χ4v) is 6.26. The van der Waals surface area contributed by atoms with E-state index in [0.717, 1.165) is 0 Å². The van der Waals surface area contributed by atoms with Gasteiger partial charge in [-0.25, -0.2) is 4.79 Å². The molecule has 2 amide bonds. The summed E-state index contributed by atoms with van der Waals surface area (Å²) in [4.78, 5) is 55.0. The zero-order valence-electron chi connectivity index (χ0n) is 24.6. The Morgan fingerprint density at radius 2 is 1.80 bits per heavy atom. The monoisotopic (exact) mass is 630 g/mol. The van der Waals surface area contributed by atoms with Crippen LogP contribution in [0.1, 0.15) is 24.0 Å². The van der Waals surface area contributed by atoms with Crippen LogP contribution < -0.4 is 20.7 Å². The number of carbonyl (C=O) groups excluding carboxylic acids is 4. The van der Waals surface area contributed by atoms with Crippen molar-refractivity contribution in [3.63, 3.8) is 0 Å². The van der Waals surface area contributed by atoms with E-state index < -0.39 is 71.6 Å². The molecule has 0 saturated heterocycles. The maximum atomic E-state index is 14.1. The maximum absolute atomic E-state index is 14.1. The number of benzene rings is 2. The van der Waals surface area contributed by atoms with Crippen LogP contribution in [0.25, 0.3) is 5.76 Å². The van der Waals surface area contributed by atoms with Gasteiger partial charge in [0.1, 0.15) is 11.5 Å². The average molecular weight is 631 g/mol. The lowest BCUT2D eigenvalue weighted by molar-refractivity contribution is -0.163. The molecular formula is C30H35ClN4O9. The number of phenolic OH excluding ortho intramolecular Hbond substituents is 1. The number of nitrogens with one attached hydrogen (secondary N) is 1. The van der Waals surface area contributed by atoms with Gasteiger partial charge >= 0.3 is 6.09 Å². The number of carbonyl (C=O) groups is 4. The molecule has 0 radical (unpaired) electrons. The van der Waals surface area contributed by atoms with Crippen LogP contribution in [0.3, 0.4) is 0 Å². The van der Waals surface area contributed by atoms with Gasteiger partial charge in [0.15, 0.2) is 17.1 Å². The third-order valence-corrected chi connectivity index (χ3v) is 8.47. The second kappa shape index (κ2) is 12.4. The molecule has 0 aromatic heterocycles. The second-order valence-electron chi connectivity index (χ2n) is 11.4. The van der Waals surface area contributed by atoms with Crippen LogP contribution in [0.2, 0.25) is 5.02 Å². The molecule has 14 heteroatoms. The molecule has 236 valence electrons. The summed E-state index contributed by atoms with van der Waals surface area (Å²) in [6.07, 6.45) is -1.84. The van der Waals surface area contributed by atoms with Crippen molar-refractivity contribution in [1.82, 2.24) is 4.90 Å². The molecule has 4 atom stereocenters. The SMILES string of the molecule is CN(C)c1cc(NC(=O)Oc2ccc(Cl)cc2)c(O)c2c1C[C@H]1C[C@@H]([C@@H](CO)N(C)C)[C@@](O)(C(=O)CC(N)=O)C(=O)C1=C2O. The average Bonchev–Trinajstić information content (AvgIpc) is 2.93. The van der Waals surface area contributed by atoms with Crippen LogP contribution in [-0.4, -0.2) is 95.3 Å². The quantitative estimate of drug-likeness (QED) is 0.174. The number of hydrogen-bond acceptors (Lipinski definition) is 11. The Balaban J connectivity index is 1.84. The zero-order chi connectivity index (χ0) is 32.7. The normalized spacial score (nSPS) is 21.8. The minimum absolute atomic E-state index is 0.0317. The number of aliphatic hydroxyl groups excluding tert-OH is 2. The number of ether oxygens (including phenoxy) is 1. The summed E-state index contributed by atoms with van der Waals surface area (Å²) in [7, 11) is 6.64. The molecule has 13 nitrogen and oxygen atoms in total. The van der Waals surface area contributed by atoms with E-state index in [4.69, 9.17) is 22.1 Å². The van der Waals surface area contributed by atoms with Crippen LogP contribution in [0.5, 0.6) is 11.5 Å². The highest BCUT2D eigenvalue weighted by atomic mass is 35.5. The minimum Gasteiger partial charge on any atom is -0.507 e. The summed E-state index contributed by atoms with van der Waals surface area (Å²) in [6, 6.07) is 6.60. The van der Waals surface area contributed by atoms with Crippen molar-refractivity contribution in [2.24, 2.45) is 17.6 Å². The number of amides is 2. The van der Waals surface area contributed by atoms with Gasteiger partial charge in [-0.2, -0.15) is 0 Å². The standard InChI is InChI=1S/C30H35ClN4O9/c1-34(2)20-11-19(33-29(42)44-16-7-5-15(31)6-8-16)26(39)25-17(20)9-14-10-18(21(13-36)35(3)4)30(43,22(37)12-23(32)38)28(41)24(14)27(25)40/h5-8,11,14,18,21,36,39-40,43H,9-10,12-13H2,1-4H3,(H2,32,38)(H,33,42)/t14-,18-,21+,30+/m0/s1. The number of fused-ring (bicyclic) bond motifs is 2. The van der Waals surface area contributed by atoms with Gasteiger partial charge in [-0.1, -0.05) is 11.6 Å². The summed E-state index contributed by atoms with van der Waals surface area (Å²) in [5, 5.41) is 47.7. The Morgan fingerprint density at radius 1 is 1.16 bits per heavy atom. The first-order valence-corrected chi connectivity index (χ1v) is 14.1. The van der Waals surface area contributed by atoms with Crippen molar-refractivity contribution in [2.75, 3.05) is 45.0 Å². The van der Waals surface area contributed by atoms with Crippen LogP contribution in [-0.2, 0) is 20.8 Å². The summed E-state index contributed by atoms with van der Waals surface area (Å²) in [5.41, 5.74) is 2.72. The van der Waals surface area contributed by atoms with E-state index in [0.29, 0.717) is 16.3 Å². The Morgan fingerprint density at radius 3 is 2.34 bits per heavy atom. The molecule has 7 N–H and O–H groups in total. The fourth-order valence-electron chi connectivity index (χ4n) is 6.13. The lowest BCUT2D eigenvalue weighted by Crippen LogP contribution is -2.64. The molecule has 2 aromatic rings. The molecule has 0 heterocycles. The predicted molar refractivity (Wildman–Crippen MR) is 162 cm³/mol. The smallest absolute Gasteiger partial charge is 0.417 e. The number of nitrogens with zero attached hydrogens (tertiary/aromatic N) is 2. The van der Waals surface area contributed by atoms with Crippen LogP contribution in [0.15, 0.2) is 35.9 Å². The number of Topliss-reactive ketones (excluding diaryl/α,β-unsaturated/α-hetero) is 2. The molecule has 1 saturated carbocycles. The summed E-state index contributed by atoms with van der Waals surface area (Å²) in [5.74, 6) is -6.37. The number of ketones is 2. The number of rotatable bonds is 9. The molecule has 2 aliphatic carbocycles. The first-order valence-electron chi connectivity index (χ1n) is 13.7. The van der Waals surface area contributed by atoms with Crippen LogP contribution >= 0.6 is 11.6 Å². The summed E-state index contributed by atoms with van der Waals surface area (Å²) < 4.78 is 5.26. The molecule has 1 fully saturated rings. The second-order valence-corrected chi connectivity index (χ2v) is 11.8. The maximum Gasteiger partial charge on any atom is 0.417 e. The van der Waals surface area contributed by atoms with Crippen molar-refractivity contribution in [2.45, 2.75) is 30.9 Å². The minimum atomic E-state index is -2.80. The highest BCUT2D eigenvalue weighted by Crippen LogP contribution is 2.52. The van der Waals surface area contributed by atoms with Crippen molar-refractivity contribution in [1.29, 1.82) is 0 Å². The lowest BCUT2D eigenvalue weighted by Gasteiger charge is -2.47. The number of nitrogens with two attached hydrogens (primary N) is 1. The number of likely N-dealkylation sites (N-methyl/N-ethyl adjacent to an activating group) is 1. The molecule has 0 aliphatic heterocycles. The van der Waals surface area contributed by atoms with Crippen molar-refractivity contribution >= 4 is 52.3 Å². The van der Waals surface area contributed by atoms with Gasteiger partial charge in [-0.3, -0.25) is 19.7 Å². The van der Waals surface area contributed by atoms with Crippen molar-refractivity contribution in [3.05, 3.63) is 52.1 Å². The van der Waals surface area contributed by atoms with Crippen LogP contribution in [0.4, 0.5) is 16.2 Å². The fraction of sp³-hybridized carbons (Fsp3) is 0.400. The van der Waals surface area contributed by atoms with Gasteiger partial charge in [-0.15, -0.1) is 0 Å². The lowest BCUT2D eigenvalue weighted by atomic mass is 9.60. The summed E-state index contributed by atoms with van der Waals surface area (Å²) >= 11 is 5.87. The number of phenols is 1. The number of anilines is 2. The van der Waals surface area contributed by atoms with E-state index in [1.165, 1.54) is 30.3 Å². The van der Waals surface area contributed by atoms with Gasteiger partial charge < -0.3 is 40.7 Å². The predicted octanol–water partition coefficient (Wildman–Crippen LogP) is 1.85. The number of primary amides is 1. The first kappa shape index (κ1) is 32.7. The highest BCUT2D eigenvalue weighted by molar-refractivity contribution is 6.30. The highest BCUT2D eigenvalue weighted by Gasteiger charge is 2.60. The van der Waals surface area contributed by atoms with Gasteiger partial charge in [0.25, 0.3) is 0 Å². The molecule has 0 spiro atoms. The molecule has 2 aliphatic rings. The first-order chi connectivity index (χ1) is 20.6. The number of aromatic hydroxyl groups is 1. The third-order valence-electron chi connectivity index (χ3n) is 8.22. The van der Waals surface area contributed by atoms with E-state index in [-0.39, 0.29) is 35.4 Å². The van der Waals surface area contributed by atoms with Gasteiger partial charge in [-0.05, 0) is 68.8 Å². The molecular weight excluding hydrogens is 596 g/mol. The van der Waals surface area contributed by atoms with Gasteiger partial charge in [0.2, 0.25) is 11.7 Å². The Kier molecular flexibility index (Phi) is 9.26. The molecule has 2 aromatic carbocycles. The van der Waals surface area contributed by atoms with E-state index in [1.54, 1.807) is 38.0 Å². The molecule has 44 heavy (non-hydrogen) atoms. The van der Waals surface area contributed by atoms with E-state index in [9.17, 15) is 39.6 Å². The number of aliphatic hydroxyl groups is 3. The van der Waals surface area contributed by atoms with E-state index >= 15 is 0 Å². The molecule has 4 rings (SSSR count). The summed E-state index contributed by atoms with van der Waals surface area (Å²) in [6.45, 7) is -0.518. The molecule has 0 bridgehead atoms. The Bertz CT molecular complexity index is 1540. The van der Waals surface area contributed by atoms with Crippen LogP contribution in [0, 0.1) is 11.8 Å². The number of halogens is 1. The Hall–Kier alpha value is -4.17.